The molecule has 1 N–H and O–H groups in total. The molecule has 0 radical (unpaired) electrons. The fourth-order valence-electron chi connectivity index (χ4n) is 8.35. The van der Waals surface area contributed by atoms with E-state index in [2.05, 4.69) is 113 Å². The second kappa shape index (κ2) is 17.4. The van der Waals surface area contributed by atoms with Gasteiger partial charge in [-0.2, -0.15) is 5.26 Å². The third-order valence-electron chi connectivity index (χ3n) is 10.7. The van der Waals surface area contributed by atoms with Gasteiger partial charge in [-0.1, -0.05) is 112 Å². The largest absolute Gasteiger partial charge is 0.405 e. The Hall–Kier alpha value is -3.76. The molecule has 2 fully saturated rings. The molecule has 0 spiro atoms. The molecule has 0 amide bonds. The Morgan fingerprint density at radius 1 is 0.964 bits per heavy atom. The molecule has 2 aliphatic rings. The number of hydrogen-bond acceptors (Lipinski definition) is 9. The minimum atomic E-state index is -3.02. The van der Waals surface area contributed by atoms with Crippen LogP contribution in [-0.2, 0) is 28.5 Å². The summed E-state index contributed by atoms with van der Waals surface area (Å²) in [5, 5.41) is 11.5. The van der Waals surface area contributed by atoms with Crippen molar-refractivity contribution in [2.45, 2.75) is 115 Å². The third kappa shape index (κ3) is 8.15. The molecule has 2 aliphatic heterocycles. The first-order valence-corrected chi connectivity index (χ1v) is 22.5. The second-order valence-electron chi connectivity index (χ2n) is 16.2. The fraction of sp³-hybridized carbons (Fsp3) is 0.465. The first kappa shape index (κ1) is 41.9. The first-order chi connectivity index (χ1) is 26.7. The zero-order valence-corrected chi connectivity index (χ0v) is 35.6. The number of fused-ring (bicyclic) bond motifs is 1. The standard InChI is InChI=1S/C43H55N4O7PSi/c1-30(2)47(31(3)4)55(50-26-18-25-44)54-38-36(29-51-56(42(6,7)8,34-21-14-10-15-22-34)35-23-16-11-17-24-35)53-43(33-19-12-9-13-20-33)27-37(52-39(38)43)46-28-32(5)40(48)45-41(46)49/h9-17,19-24,28,30-31,36-39H,18,26-27,29H2,1-8H3,(H,45,48,49)/t36-,37+,38-,39?,43+,55?/m1/s1. The van der Waals surface area contributed by atoms with Crippen LogP contribution in [0, 0.1) is 18.3 Å². The van der Waals surface area contributed by atoms with Crippen molar-refractivity contribution in [3.8, 4) is 6.07 Å². The molecule has 6 rings (SSSR count). The van der Waals surface area contributed by atoms with Crippen LogP contribution < -0.4 is 21.6 Å². The van der Waals surface area contributed by atoms with Crippen molar-refractivity contribution in [1.82, 2.24) is 14.2 Å². The van der Waals surface area contributed by atoms with Crippen LogP contribution in [-0.4, -0.2) is 66.1 Å². The summed E-state index contributed by atoms with van der Waals surface area (Å²) < 4.78 is 39.2. The number of ether oxygens (including phenoxy) is 2. The van der Waals surface area contributed by atoms with Crippen molar-refractivity contribution < 1.29 is 22.9 Å². The number of benzene rings is 3. The average Bonchev–Trinajstić information content (AvgIpc) is 3.68. The van der Waals surface area contributed by atoms with Gasteiger partial charge in [0.05, 0.1) is 25.7 Å². The molecule has 1 aromatic heterocycles. The lowest BCUT2D eigenvalue weighted by molar-refractivity contribution is -0.0757. The van der Waals surface area contributed by atoms with Crippen LogP contribution in [0.5, 0.6) is 0 Å². The quantitative estimate of drug-likeness (QED) is 0.0798. The summed E-state index contributed by atoms with van der Waals surface area (Å²) in [5.74, 6) is 0. The van der Waals surface area contributed by atoms with E-state index in [9.17, 15) is 14.9 Å². The molecule has 56 heavy (non-hydrogen) atoms. The van der Waals surface area contributed by atoms with Crippen LogP contribution in [0.25, 0.3) is 0 Å². The van der Waals surface area contributed by atoms with Gasteiger partial charge in [-0.3, -0.25) is 14.3 Å². The minimum Gasteiger partial charge on any atom is -0.405 e. The van der Waals surface area contributed by atoms with Crippen LogP contribution in [0.2, 0.25) is 5.04 Å². The number of H-pyrrole nitrogens is 1. The van der Waals surface area contributed by atoms with E-state index < -0.39 is 58.2 Å². The molecule has 13 heteroatoms. The summed E-state index contributed by atoms with van der Waals surface area (Å²) in [6.07, 6.45) is -0.833. The Kier molecular flexibility index (Phi) is 13.0. The highest BCUT2D eigenvalue weighted by atomic mass is 31.2. The SMILES string of the molecule is Cc1cn([C@@H]2C[C@@]3(c4ccccc4)O[C@H](CO[Si](c4ccccc4)(c4ccccc4)C(C)(C)C)[C@@H](OP(OCCC#N)N(C(C)C)C(C)C)C3O2)c(=O)[nH]c1=O. The maximum atomic E-state index is 13.3. The lowest BCUT2D eigenvalue weighted by atomic mass is 9.86. The Bertz CT molecular complexity index is 2020. The lowest BCUT2D eigenvalue weighted by Crippen LogP contribution is -2.67. The highest BCUT2D eigenvalue weighted by Gasteiger charge is 2.64. The number of aromatic nitrogens is 2. The minimum absolute atomic E-state index is 0.0520. The monoisotopic (exact) mass is 798 g/mol. The van der Waals surface area contributed by atoms with Crippen molar-refractivity contribution in [2.24, 2.45) is 0 Å². The smallest absolute Gasteiger partial charge is 0.330 e. The number of rotatable bonds is 15. The van der Waals surface area contributed by atoms with E-state index in [0.29, 0.717) is 5.56 Å². The van der Waals surface area contributed by atoms with Gasteiger partial charge in [0.1, 0.15) is 30.1 Å². The molecule has 4 aromatic rings. The third-order valence-corrected chi connectivity index (χ3v) is 17.9. The van der Waals surface area contributed by atoms with Crippen molar-refractivity contribution in [3.05, 3.63) is 129 Å². The van der Waals surface area contributed by atoms with E-state index in [4.69, 9.17) is 22.9 Å². The van der Waals surface area contributed by atoms with Crippen molar-refractivity contribution in [1.29, 1.82) is 5.26 Å². The van der Waals surface area contributed by atoms with Gasteiger partial charge in [-0.05, 0) is 55.6 Å². The normalized spacial score (nSPS) is 23.1. The number of aryl methyl sites for hydroxylation is 1. The summed E-state index contributed by atoms with van der Waals surface area (Å²) in [7, 11) is -4.76. The van der Waals surface area contributed by atoms with Gasteiger partial charge in [0.25, 0.3) is 22.4 Å². The van der Waals surface area contributed by atoms with Crippen LogP contribution in [0.4, 0.5) is 0 Å². The number of nitriles is 1. The Balaban J connectivity index is 1.49. The molecule has 3 aromatic carbocycles. The van der Waals surface area contributed by atoms with Gasteiger partial charge in [0, 0.05) is 30.3 Å². The van der Waals surface area contributed by atoms with Crippen molar-refractivity contribution >= 4 is 27.2 Å². The maximum absolute atomic E-state index is 13.3. The predicted molar refractivity (Wildman–Crippen MR) is 221 cm³/mol. The van der Waals surface area contributed by atoms with Gasteiger partial charge >= 0.3 is 5.69 Å². The van der Waals surface area contributed by atoms with Crippen molar-refractivity contribution in [3.63, 3.8) is 0 Å². The number of nitrogens with one attached hydrogen (secondary N) is 1. The summed E-state index contributed by atoms with van der Waals surface area (Å²) in [6, 6.07) is 33.2. The van der Waals surface area contributed by atoms with E-state index in [1.807, 2.05) is 42.5 Å². The maximum Gasteiger partial charge on any atom is 0.330 e. The predicted octanol–water partition coefficient (Wildman–Crippen LogP) is 6.66. The van der Waals surface area contributed by atoms with Crippen LogP contribution in [0.15, 0.2) is 107 Å². The number of aromatic amines is 1. The summed E-state index contributed by atoms with van der Waals surface area (Å²) in [4.78, 5) is 28.2. The van der Waals surface area contributed by atoms with Crippen molar-refractivity contribution in [2.75, 3.05) is 13.2 Å². The Morgan fingerprint density at radius 3 is 2.07 bits per heavy atom. The van der Waals surface area contributed by atoms with Gasteiger partial charge in [-0.25, -0.2) is 9.46 Å². The molecule has 2 unspecified atom stereocenters. The van der Waals surface area contributed by atoms with E-state index in [0.717, 1.165) is 15.9 Å². The van der Waals surface area contributed by atoms with E-state index >= 15 is 0 Å². The first-order valence-electron chi connectivity index (χ1n) is 19.4. The van der Waals surface area contributed by atoms with Crippen LogP contribution >= 0.6 is 8.53 Å². The molecule has 2 saturated heterocycles. The number of hydrogen-bond donors (Lipinski definition) is 1. The Morgan fingerprint density at radius 2 is 1.54 bits per heavy atom. The molecular formula is C43H55N4O7PSi. The summed E-state index contributed by atoms with van der Waals surface area (Å²) in [6.45, 7) is 17.2. The van der Waals surface area contributed by atoms with E-state index in [1.54, 1.807) is 13.1 Å². The van der Waals surface area contributed by atoms with Crippen LogP contribution in [0.1, 0.15) is 78.7 Å². The van der Waals surface area contributed by atoms with Gasteiger partial charge in [0.2, 0.25) is 0 Å². The zero-order chi connectivity index (χ0) is 40.3. The number of nitrogens with zero attached hydrogens (tertiary/aromatic N) is 3. The average molecular weight is 799 g/mol. The Labute approximate surface area is 332 Å². The van der Waals surface area contributed by atoms with Gasteiger partial charge < -0.3 is 22.9 Å². The summed E-state index contributed by atoms with van der Waals surface area (Å²) in [5.41, 5.74) is -0.799. The molecule has 0 bridgehead atoms. The summed E-state index contributed by atoms with van der Waals surface area (Å²) >= 11 is 0. The second-order valence-corrected chi connectivity index (χ2v) is 21.9. The van der Waals surface area contributed by atoms with Crippen LogP contribution in [0.3, 0.4) is 0 Å². The molecule has 11 nitrogen and oxygen atoms in total. The zero-order valence-electron chi connectivity index (χ0n) is 33.7. The lowest BCUT2D eigenvalue weighted by Gasteiger charge is -2.44. The molecule has 0 aliphatic carbocycles. The fourth-order valence-corrected chi connectivity index (χ4v) is 14.7. The molecular weight excluding hydrogens is 744 g/mol. The molecule has 298 valence electrons. The van der Waals surface area contributed by atoms with E-state index in [-0.39, 0.29) is 43.2 Å². The highest BCUT2D eigenvalue weighted by Crippen LogP contribution is 2.58. The molecule has 0 saturated carbocycles. The van der Waals surface area contributed by atoms with Gasteiger partial charge in [0.15, 0.2) is 0 Å². The van der Waals surface area contributed by atoms with Gasteiger partial charge in [-0.15, -0.1) is 0 Å². The highest BCUT2D eigenvalue weighted by molar-refractivity contribution is 7.44. The molecule has 6 atom stereocenters. The molecule has 3 heterocycles. The van der Waals surface area contributed by atoms with E-state index in [1.165, 1.54) is 4.57 Å². The topological polar surface area (TPSA) is 128 Å².